The number of imide groups is 1. The van der Waals surface area contributed by atoms with Crippen LogP contribution < -0.4 is 10.6 Å². The first kappa shape index (κ1) is 17.4. The summed E-state index contributed by atoms with van der Waals surface area (Å²) < 4.78 is 4.60. The minimum Gasteiger partial charge on any atom is -0.480 e. The maximum atomic E-state index is 11.6. The van der Waals surface area contributed by atoms with Gasteiger partial charge in [-0.25, -0.2) is 9.59 Å². The Morgan fingerprint density at radius 2 is 1.81 bits per heavy atom. The van der Waals surface area contributed by atoms with E-state index in [4.69, 9.17) is 5.11 Å². The van der Waals surface area contributed by atoms with E-state index in [0.717, 1.165) is 31.6 Å². The van der Waals surface area contributed by atoms with Crippen LogP contribution in [0.4, 0.5) is 4.79 Å². The van der Waals surface area contributed by atoms with Crippen LogP contribution in [-0.4, -0.2) is 42.3 Å². The van der Waals surface area contributed by atoms with Crippen molar-refractivity contribution in [3.63, 3.8) is 0 Å². The van der Waals surface area contributed by atoms with Crippen molar-refractivity contribution in [3.8, 4) is 0 Å². The lowest BCUT2D eigenvalue weighted by atomic mass is 9.83. The molecule has 3 amide bonds. The topological polar surface area (TPSA) is 105 Å². The fourth-order valence-corrected chi connectivity index (χ4v) is 2.62. The summed E-state index contributed by atoms with van der Waals surface area (Å²) >= 11 is 0. The molecule has 1 saturated carbocycles. The molecule has 1 rings (SSSR count). The predicted molar refractivity (Wildman–Crippen MR) is 75.8 cm³/mol. The van der Waals surface area contributed by atoms with Gasteiger partial charge in [-0.05, 0) is 31.6 Å². The first-order valence-electron chi connectivity index (χ1n) is 7.41. The van der Waals surface area contributed by atoms with Gasteiger partial charge in [0.05, 0.1) is 0 Å². The molecule has 0 aromatic rings. The standard InChI is InChI=1S/C14H24N2O5/c1-2-3-10-4-6-11(7-5-10)15-14(20)16-12(17)8-21-9-13(18)19/h10-11H,2-9H2,1H3,(H,18,19)(H2,15,16,17,20). The van der Waals surface area contributed by atoms with Crippen LogP contribution in [0.5, 0.6) is 0 Å². The number of carbonyl (C=O) groups excluding carboxylic acids is 2. The van der Waals surface area contributed by atoms with Gasteiger partial charge in [-0.3, -0.25) is 10.1 Å². The van der Waals surface area contributed by atoms with Gasteiger partial charge in [0.15, 0.2) is 0 Å². The molecule has 0 aromatic carbocycles. The number of hydrogen-bond acceptors (Lipinski definition) is 4. The number of rotatable bonds is 7. The molecule has 0 spiro atoms. The van der Waals surface area contributed by atoms with E-state index in [1.165, 1.54) is 12.8 Å². The van der Waals surface area contributed by atoms with Crippen LogP contribution in [0.1, 0.15) is 45.4 Å². The van der Waals surface area contributed by atoms with Crippen LogP contribution in [0.15, 0.2) is 0 Å². The van der Waals surface area contributed by atoms with Crippen LogP contribution >= 0.6 is 0 Å². The number of carboxylic acids is 1. The number of hydrogen-bond donors (Lipinski definition) is 3. The summed E-state index contributed by atoms with van der Waals surface area (Å²) in [6, 6.07) is -0.441. The second-order valence-corrected chi connectivity index (χ2v) is 5.41. The van der Waals surface area contributed by atoms with Gasteiger partial charge >= 0.3 is 12.0 Å². The molecule has 1 aliphatic rings. The molecule has 7 heteroatoms. The summed E-state index contributed by atoms with van der Waals surface area (Å²) in [5.74, 6) is -1.05. The van der Waals surface area contributed by atoms with Gasteiger partial charge < -0.3 is 15.2 Å². The molecule has 1 fully saturated rings. The van der Waals surface area contributed by atoms with Crippen molar-refractivity contribution in [2.24, 2.45) is 5.92 Å². The Hall–Kier alpha value is -1.63. The van der Waals surface area contributed by atoms with E-state index in [9.17, 15) is 14.4 Å². The lowest BCUT2D eigenvalue weighted by molar-refractivity contribution is -0.143. The third kappa shape index (κ3) is 7.65. The summed E-state index contributed by atoms with van der Waals surface area (Å²) in [7, 11) is 0. The van der Waals surface area contributed by atoms with Crippen LogP contribution in [-0.2, 0) is 14.3 Å². The number of urea groups is 1. The lowest BCUT2D eigenvalue weighted by Gasteiger charge is -2.28. The third-order valence-corrected chi connectivity index (χ3v) is 3.59. The molecule has 0 radical (unpaired) electrons. The molecule has 3 N–H and O–H groups in total. The van der Waals surface area contributed by atoms with Crippen molar-refractivity contribution in [1.82, 2.24) is 10.6 Å². The Bertz CT molecular complexity index is 364. The van der Waals surface area contributed by atoms with E-state index in [1.807, 2.05) is 0 Å². The van der Waals surface area contributed by atoms with Crippen LogP contribution in [0.2, 0.25) is 0 Å². The smallest absolute Gasteiger partial charge is 0.329 e. The zero-order valence-electron chi connectivity index (χ0n) is 12.4. The van der Waals surface area contributed by atoms with E-state index < -0.39 is 31.1 Å². The van der Waals surface area contributed by atoms with Gasteiger partial charge in [-0.2, -0.15) is 0 Å². The van der Waals surface area contributed by atoms with Gasteiger partial charge in [0, 0.05) is 6.04 Å². The summed E-state index contributed by atoms with van der Waals surface area (Å²) in [4.78, 5) is 33.1. The summed E-state index contributed by atoms with van der Waals surface area (Å²) in [6.45, 7) is 1.18. The number of amides is 3. The zero-order valence-corrected chi connectivity index (χ0v) is 12.4. The highest BCUT2D eigenvalue weighted by molar-refractivity contribution is 5.95. The highest BCUT2D eigenvalue weighted by Gasteiger charge is 2.22. The maximum Gasteiger partial charge on any atom is 0.329 e. The fourth-order valence-electron chi connectivity index (χ4n) is 2.62. The molecule has 0 atom stereocenters. The summed E-state index contributed by atoms with van der Waals surface area (Å²) in [6.07, 6.45) is 6.50. The molecular formula is C14H24N2O5. The van der Waals surface area contributed by atoms with Crippen LogP contribution in [0.3, 0.4) is 0 Å². The van der Waals surface area contributed by atoms with Crippen molar-refractivity contribution in [3.05, 3.63) is 0 Å². The Morgan fingerprint density at radius 3 is 2.38 bits per heavy atom. The van der Waals surface area contributed by atoms with Crippen LogP contribution in [0.25, 0.3) is 0 Å². The minimum atomic E-state index is -1.16. The number of ether oxygens (including phenoxy) is 1. The minimum absolute atomic E-state index is 0.103. The predicted octanol–water partition coefficient (Wildman–Crippen LogP) is 1.27. The molecule has 0 heterocycles. The number of aliphatic carboxylic acids is 1. The number of carbonyl (C=O) groups is 3. The molecule has 0 aromatic heterocycles. The number of carboxylic acid groups (broad SMARTS) is 1. The molecule has 120 valence electrons. The monoisotopic (exact) mass is 300 g/mol. The van der Waals surface area contributed by atoms with Gasteiger partial charge in [0.1, 0.15) is 13.2 Å². The molecule has 0 saturated heterocycles. The molecule has 0 aliphatic heterocycles. The van der Waals surface area contributed by atoms with Crippen molar-refractivity contribution < 1.29 is 24.2 Å². The van der Waals surface area contributed by atoms with Crippen molar-refractivity contribution >= 4 is 17.9 Å². The average Bonchev–Trinajstić information content (AvgIpc) is 2.40. The Morgan fingerprint density at radius 1 is 1.14 bits per heavy atom. The zero-order chi connectivity index (χ0) is 15.7. The Labute approximate surface area is 124 Å². The van der Waals surface area contributed by atoms with Gasteiger partial charge in [-0.15, -0.1) is 0 Å². The highest BCUT2D eigenvalue weighted by atomic mass is 16.5. The van der Waals surface area contributed by atoms with E-state index in [0.29, 0.717) is 0 Å². The summed E-state index contributed by atoms with van der Waals surface area (Å²) in [5.41, 5.74) is 0. The first-order valence-corrected chi connectivity index (χ1v) is 7.41. The second-order valence-electron chi connectivity index (χ2n) is 5.41. The SMILES string of the molecule is CCCC1CCC(NC(=O)NC(=O)COCC(=O)O)CC1. The van der Waals surface area contributed by atoms with Crippen molar-refractivity contribution in [1.29, 1.82) is 0 Å². The Kier molecular flexibility index (Phi) is 7.74. The van der Waals surface area contributed by atoms with Crippen molar-refractivity contribution in [2.45, 2.75) is 51.5 Å². The van der Waals surface area contributed by atoms with Gasteiger partial charge in [-0.1, -0.05) is 19.8 Å². The molecule has 0 unspecified atom stereocenters. The second kappa shape index (κ2) is 9.33. The number of nitrogens with one attached hydrogen (secondary N) is 2. The van der Waals surface area contributed by atoms with E-state index in [2.05, 4.69) is 22.3 Å². The molecule has 0 bridgehead atoms. The molecular weight excluding hydrogens is 276 g/mol. The van der Waals surface area contributed by atoms with Crippen molar-refractivity contribution in [2.75, 3.05) is 13.2 Å². The lowest BCUT2D eigenvalue weighted by Crippen LogP contribution is -2.46. The van der Waals surface area contributed by atoms with E-state index in [-0.39, 0.29) is 6.04 Å². The fraction of sp³-hybridized carbons (Fsp3) is 0.786. The summed E-state index contributed by atoms with van der Waals surface area (Å²) in [5, 5.41) is 13.2. The van der Waals surface area contributed by atoms with Gasteiger partial charge in [0.25, 0.3) is 5.91 Å². The van der Waals surface area contributed by atoms with E-state index >= 15 is 0 Å². The largest absolute Gasteiger partial charge is 0.480 e. The molecule has 21 heavy (non-hydrogen) atoms. The average molecular weight is 300 g/mol. The normalized spacial score (nSPS) is 21.6. The van der Waals surface area contributed by atoms with Gasteiger partial charge in [0.2, 0.25) is 0 Å². The quantitative estimate of drug-likeness (QED) is 0.657. The highest BCUT2D eigenvalue weighted by Crippen LogP contribution is 2.27. The third-order valence-electron chi connectivity index (χ3n) is 3.59. The maximum absolute atomic E-state index is 11.6. The first-order chi connectivity index (χ1) is 10.0. The van der Waals surface area contributed by atoms with E-state index in [1.54, 1.807) is 0 Å². The molecule has 1 aliphatic carbocycles. The molecule has 7 nitrogen and oxygen atoms in total. The Balaban J connectivity index is 2.16. The van der Waals surface area contributed by atoms with Crippen LogP contribution in [0, 0.1) is 5.92 Å².